The van der Waals surface area contributed by atoms with Crippen LogP contribution >= 0.6 is 0 Å². The number of hydrogen-bond donors (Lipinski definition) is 1. The number of nitrogens with one attached hydrogen (secondary N) is 1. The van der Waals surface area contributed by atoms with Crippen LogP contribution in [0, 0.1) is 11.8 Å². The lowest BCUT2D eigenvalue weighted by Gasteiger charge is -2.03. The van der Waals surface area contributed by atoms with Gasteiger partial charge in [0.15, 0.2) is 0 Å². The van der Waals surface area contributed by atoms with Crippen LogP contribution in [0.5, 0.6) is 0 Å². The van der Waals surface area contributed by atoms with E-state index in [1.807, 2.05) is 0 Å². The van der Waals surface area contributed by atoms with E-state index in [0.29, 0.717) is 5.56 Å². The van der Waals surface area contributed by atoms with Crippen LogP contribution in [-0.4, -0.2) is 15.5 Å². The molecule has 0 aliphatic heterocycles. The van der Waals surface area contributed by atoms with Gasteiger partial charge in [-0.25, -0.2) is 13.1 Å². The minimum atomic E-state index is -3.50. The van der Waals surface area contributed by atoms with Crippen molar-refractivity contribution in [3.63, 3.8) is 0 Å². The molecule has 0 aliphatic carbocycles. The largest absolute Gasteiger partial charge is 0.240 e. The highest BCUT2D eigenvalue weighted by atomic mass is 32.2. The number of sulfonamides is 1. The lowest BCUT2D eigenvalue weighted by molar-refractivity contribution is 0.588. The lowest BCUT2D eigenvalue weighted by atomic mass is 10.2. The summed E-state index contributed by atoms with van der Waals surface area (Å²) in [5.41, 5.74) is 0.788. The number of hydrogen-bond acceptors (Lipinski definition) is 4. The fourth-order valence-electron chi connectivity index (χ4n) is 0.973. The molecule has 1 N–H and O–H groups in total. The van der Waals surface area contributed by atoms with Crippen molar-refractivity contribution < 1.29 is 8.42 Å². The Morgan fingerprint density at radius 1 is 1.36 bits per heavy atom. The van der Waals surface area contributed by atoms with Gasteiger partial charge in [-0.2, -0.15) is 0 Å². The average Bonchev–Trinajstić information content (AvgIpc) is 2.18. The van der Waals surface area contributed by atoms with E-state index in [1.165, 1.54) is 19.2 Å². The van der Waals surface area contributed by atoms with Crippen molar-refractivity contribution in [3.8, 4) is 0 Å². The highest BCUT2D eigenvalue weighted by Crippen LogP contribution is 2.22. The fraction of sp³-hybridized carbons (Fsp3) is 0.250. The van der Waals surface area contributed by atoms with Gasteiger partial charge in [0, 0.05) is 0 Å². The molecule has 0 saturated heterocycles. The third-order valence-electron chi connectivity index (χ3n) is 1.86. The summed E-state index contributed by atoms with van der Waals surface area (Å²) in [5, 5.41) is 2.74. The second-order valence-electron chi connectivity index (χ2n) is 2.75. The zero-order valence-corrected chi connectivity index (χ0v) is 8.63. The maximum absolute atomic E-state index is 11.3. The first kappa shape index (κ1) is 10.8. The molecule has 0 spiro atoms. The number of nitroso groups, excluding NO2 is 1. The van der Waals surface area contributed by atoms with E-state index in [4.69, 9.17) is 0 Å². The van der Waals surface area contributed by atoms with Crippen LogP contribution in [0.25, 0.3) is 0 Å². The van der Waals surface area contributed by atoms with Crippen LogP contribution in [0.15, 0.2) is 28.3 Å². The minimum Gasteiger partial charge on any atom is -0.214 e. The Kier molecular flexibility index (Phi) is 2.97. The molecular formula is C8H10N2O3S. The number of aryl methyl sites for hydroxylation is 1. The SMILES string of the molecule is CNS(=O)(=O)c1ccc(C)c(N=O)c1. The van der Waals surface area contributed by atoms with Crippen molar-refractivity contribution >= 4 is 15.7 Å². The molecule has 0 unspecified atom stereocenters. The summed E-state index contributed by atoms with van der Waals surface area (Å²) in [6.07, 6.45) is 0. The standard InChI is InChI=1S/C8H10N2O3S/c1-6-3-4-7(5-8(6)10-11)14(12,13)9-2/h3-5,9H,1-2H3. The van der Waals surface area contributed by atoms with Gasteiger partial charge in [0.1, 0.15) is 5.69 Å². The number of rotatable bonds is 3. The smallest absolute Gasteiger partial charge is 0.214 e. The highest BCUT2D eigenvalue weighted by Gasteiger charge is 2.12. The third-order valence-corrected chi connectivity index (χ3v) is 3.27. The summed E-state index contributed by atoms with van der Waals surface area (Å²) >= 11 is 0. The molecule has 0 heterocycles. The molecule has 6 heteroatoms. The summed E-state index contributed by atoms with van der Waals surface area (Å²) in [6.45, 7) is 1.69. The van der Waals surface area contributed by atoms with Crippen molar-refractivity contribution in [2.45, 2.75) is 11.8 Å². The first-order valence-electron chi connectivity index (χ1n) is 3.89. The molecule has 1 aromatic carbocycles. The predicted molar refractivity (Wildman–Crippen MR) is 52.9 cm³/mol. The normalized spacial score (nSPS) is 11.3. The van der Waals surface area contributed by atoms with Crippen LogP contribution in [0.2, 0.25) is 0 Å². The maximum atomic E-state index is 11.3. The molecule has 5 nitrogen and oxygen atoms in total. The summed E-state index contributed by atoms with van der Waals surface area (Å²) < 4.78 is 24.8. The van der Waals surface area contributed by atoms with Gasteiger partial charge in [-0.05, 0) is 36.8 Å². The Hall–Kier alpha value is -1.27. The van der Waals surface area contributed by atoms with E-state index in [9.17, 15) is 13.3 Å². The molecule has 14 heavy (non-hydrogen) atoms. The van der Waals surface area contributed by atoms with Crippen LogP contribution in [0.3, 0.4) is 0 Å². The molecule has 0 amide bonds. The van der Waals surface area contributed by atoms with Gasteiger partial charge in [0.05, 0.1) is 4.90 Å². The topological polar surface area (TPSA) is 75.6 Å². The van der Waals surface area contributed by atoms with Gasteiger partial charge in [0.25, 0.3) is 0 Å². The molecule has 0 radical (unpaired) electrons. The van der Waals surface area contributed by atoms with Crippen molar-refractivity contribution in [2.75, 3.05) is 7.05 Å². The first-order valence-corrected chi connectivity index (χ1v) is 5.37. The quantitative estimate of drug-likeness (QED) is 0.770. The van der Waals surface area contributed by atoms with E-state index < -0.39 is 10.0 Å². The Morgan fingerprint density at radius 3 is 2.50 bits per heavy atom. The van der Waals surface area contributed by atoms with E-state index in [-0.39, 0.29) is 10.6 Å². The zero-order chi connectivity index (χ0) is 10.8. The minimum absolute atomic E-state index is 0.0419. The average molecular weight is 214 g/mol. The van der Waals surface area contributed by atoms with Gasteiger partial charge in [-0.1, -0.05) is 6.07 Å². The van der Waals surface area contributed by atoms with Gasteiger partial charge < -0.3 is 0 Å². The highest BCUT2D eigenvalue weighted by molar-refractivity contribution is 7.89. The molecule has 1 rings (SSSR count). The molecule has 0 atom stereocenters. The maximum Gasteiger partial charge on any atom is 0.240 e. The van der Waals surface area contributed by atoms with Gasteiger partial charge in [0.2, 0.25) is 10.0 Å². The Balaban J connectivity index is 3.33. The van der Waals surface area contributed by atoms with Gasteiger partial charge in [-0.15, -0.1) is 4.91 Å². The van der Waals surface area contributed by atoms with Crippen molar-refractivity contribution in [1.82, 2.24) is 4.72 Å². The molecular weight excluding hydrogens is 204 g/mol. The predicted octanol–water partition coefficient (Wildman–Crippen LogP) is 1.30. The van der Waals surface area contributed by atoms with Gasteiger partial charge >= 0.3 is 0 Å². The zero-order valence-electron chi connectivity index (χ0n) is 7.81. The third kappa shape index (κ3) is 1.97. The first-order chi connectivity index (χ1) is 6.51. The Labute approximate surface area is 82.2 Å². The molecule has 76 valence electrons. The molecule has 1 aromatic rings. The number of nitrogens with zero attached hydrogens (tertiary/aromatic N) is 1. The lowest BCUT2D eigenvalue weighted by Crippen LogP contribution is -2.18. The number of benzene rings is 1. The second-order valence-corrected chi connectivity index (χ2v) is 4.63. The molecule has 0 saturated carbocycles. The van der Waals surface area contributed by atoms with Crippen LogP contribution in [0.4, 0.5) is 5.69 Å². The second kappa shape index (κ2) is 3.85. The van der Waals surface area contributed by atoms with E-state index in [0.717, 1.165) is 0 Å². The van der Waals surface area contributed by atoms with E-state index in [1.54, 1.807) is 13.0 Å². The molecule has 0 fully saturated rings. The van der Waals surface area contributed by atoms with E-state index >= 15 is 0 Å². The summed E-state index contributed by atoms with van der Waals surface area (Å²) in [6, 6.07) is 4.21. The fourth-order valence-corrected chi connectivity index (χ4v) is 1.72. The van der Waals surface area contributed by atoms with E-state index in [2.05, 4.69) is 9.90 Å². The van der Waals surface area contributed by atoms with Crippen LogP contribution in [0.1, 0.15) is 5.56 Å². The summed E-state index contributed by atoms with van der Waals surface area (Å²) in [5.74, 6) is 0. The van der Waals surface area contributed by atoms with Crippen LogP contribution in [-0.2, 0) is 10.0 Å². The monoisotopic (exact) mass is 214 g/mol. The Morgan fingerprint density at radius 2 is 2.00 bits per heavy atom. The van der Waals surface area contributed by atoms with Crippen LogP contribution < -0.4 is 4.72 Å². The van der Waals surface area contributed by atoms with Gasteiger partial charge in [-0.3, -0.25) is 0 Å². The molecule has 0 aromatic heterocycles. The van der Waals surface area contributed by atoms with Crippen molar-refractivity contribution in [3.05, 3.63) is 28.7 Å². The van der Waals surface area contributed by atoms with Crippen molar-refractivity contribution in [2.24, 2.45) is 5.18 Å². The molecule has 0 bridgehead atoms. The van der Waals surface area contributed by atoms with Crippen molar-refractivity contribution in [1.29, 1.82) is 0 Å². The Bertz CT molecular complexity index is 454. The molecule has 0 aliphatic rings. The summed E-state index contributed by atoms with van der Waals surface area (Å²) in [7, 11) is -2.19. The summed E-state index contributed by atoms with van der Waals surface area (Å²) in [4.78, 5) is 10.4.